The summed E-state index contributed by atoms with van der Waals surface area (Å²) < 4.78 is 0.882. The molecule has 0 unspecified atom stereocenters. The van der Waals surface area contributed by atoms with Crippen LogP contribution in [0, 0.1) is 0 Å². The fourth-order valence-electron chi connectivity index (χ4n) is 1.35. The van der Waals surface area contributed by atoms with Gasteiger partial charge in [0.05, 0.1) is 5.69 Å². The molecule has 0 saturated heterocycles. The molecule has 0 spiro atoms. The van der Waals surface area contributed by atoms with Crippen molar-refractivity contribution in [2.75, 3.05) is 0 Å². The minimum absolute atomic E-state index is 0.650. The summed E-state index contributed by atoms with van der Waals surface area (Å²) in [5.41, 5.74) is 2.56. The number of aromatic nitrogens is 2. The molecule has 0 N–H and O–H groups in total. The molecule has 0 amide bonds. The van der Waals surface area contributed by atoms with Crippen LogP contribution >= 0.6 is 15.9 Å². The topological polar surface area (TPSA) is 25.8 Å². The summed E-state index contributed by atoms with van der Waals surface area (Å²) in [6.45, 7) is 13.1. The lowest BCUT2D eigenvalue weighted by molar-refractivity contribution is 1.10. The van der Waals surface area contributed by atoms with Gasteiger partial charge in [-0.2, -0.15) is 0 Å². The van der Waals surface area contributed by atoms with Crippen LogP contribution in [0.2, 0.25) is 0 Å². The molecule has 0 fully saturated rings. The van der Waals surface area contributed by atoms with Crippen LogP contribution in [0.15, 0.2) is 48.6 Å². The molecule has 1 heterocycles. The summed E-state index contributed by atoms with van der Waals surface area (Å²) >= 11 is 3.39. The molecule has 1 rings (SSSR count). The van der Waals surface area contributed by atoms with Crippen LogP contribution in [0.25, 0.3) is 17.7 Å². The molecule has 0 aliphatic carbocycles. The highest BCUT2D eigenvalue weighted by Crippen LogP contribution is 2.19. The summed E-state index contributed by atoms with van der Waals surface area (Å²) in [7, 11) is 0. The van der Waals surface area contributed by atoms with E-state index >= 15 is 0 Å². The summed E-state index contributed by atoms with van der Waals surface area (Å²) in [5.74, 6) is 0.650. The molecule has 3 heteroatoms. The molecular formula is C15H15BrN2. The number of rotatable bonds is 5. The van der Waals surface area contributed by atoms with Crippen molar-refractivity contribution in [1.29, 1.82) is 0 Å². The molecule has 0 radical (unpaired) electrons. The van der Waals surface area contributed by atoms with E-state index in [1.807, 2.05) is 19.1 Å². The quantitative estimate of drug-likeness (QED) is 0.741. The van der Waals surface area contributed by atoms with Gasteiger partial charge in [0.25, 0.3) is 0 Å². The molecule has 2 nitrogen and oxygen atoms in total. The Morgan fingerprint density at radius 2 is 2.00 bits per heavy atom. The van der Waals surface area contributed by atoms with Gasteiger partial charge in [-0.15, -0.1) is 0 Å². The Kier molecular flexibility index (Phi) is 5.46. The highest BCUT2D eigenvalue weighted by Gasteiger charge is 2.05. The zero-order valence-corrected chi connectivity index (χ0v) is 11.9. The molecule has 0 aliphatic heterocycles. The number of hydrogen-bond acceptors (Lipinski definition) is 2. The van der Waals surface area contributed by atoms with Gasteiger partial charge in [-0.3, -0.25) is 0 Å². The van der Waals surface area contributed by atoms with Gasteiger partial charge in [0.15, 0.2) is 5.82 Å². The van der Waals surface area contributed by atoms with E-state index in [1.165, 1.54) is 0 Å². The van der Waals surface area contributed by atoms with Gasteiger partial charge < -0.3 is 0 Å². The van der Waals surface area contributed by atoms with Crippen LogP contribution in [-0.4, -0.2) is 9.97 Å². The smallest absolute Gasteiger partial charge is 0.159 e. The number of hydrogen-bond donors (Lipinski definition) is 0. The van der Waals surface area contributed by atoms with E-state index in [-0.39, 0.29) is 0 Å². The lowest BCUT2D eigenvalue weighted by atomic mass is 10.1. The van der Waals surface area contributed by atoms with Gasteiger partial charge in [0.1, 0.15) is 0 Å². The lowest BCUT2D eigenvalue weighted by Crippen LogP contribution is -1.97. The van der Waals surface area contributed by atoms with Crippen molar-refractivity contribution in [2.45, 2.75) is 6.92 Å². The third-order valence-electron chi connectivity index (χ3n) is 2.32. The first kappa shape index (κ1) is 14.3. The van der Waals surface area contributed by atoms with Crippen molar-refractivity contribution in [3.63, 3.8) is 0 Å². The lowest BCUT2D eigenvalue weighted by Gasteiger charge is -2.05. The Hall–Kier alpha value is -1.74. The average molecular weight is 303 g/mol. The van der Waals surface area contributed by atoms with Crippen LogP contribution in [-0.2, 0) is 0 Å². The van der Waals surface area contributed by atoms with E-state index in [9.17, 15) is 0 Å². The second kappa shape index (κ2) is 6.87. The first-order valence-corrected chi connectivity index (χ1v) is 6.23. The zero-order chi connectivity index (χ0) is 13.5. The predicted molar refractivity (Wildman–Crippen MR) is 83.1 cm³/mol. The number of halogens is 1. The molecule has 18 heavy (non-hydrogen) atoms. The monoisotopic (exact) mass is 302 g/mol. The Morgan fingerprint density at radius 1 is 1.28 bits per heavy atom. The van der Waals surface area contributed by atoms with Gasteiger partial charge in [-0.25, -0.2) is 9.97 Å². The fourth-order valence-corrected chi connectivity index (χ4v) is 1.60. The Balaban J connectivity index is 3.28. The zero-order valence-electron chi connectivity index (χ0n) is 10.4. The van der Waals surface area contributed by atoms with Gasteiger partial charge in [-0.1, -0.05) is 53.9 Å². The van der Waals surface area contributed by atoms with Crippen LogP contribution < -0.4 is 0 Å². The molecule has 1 aromatic heterocycles. The second-order valence-corrected chi connectivity index (χ2v) is 4.34. The molecular weight excluding hydrogens is 288 g/mol. The number of nitrogens with zero attached hydrogens (tertiary/aromatic N) is 2. The maximum atomic E-state index is 4.45. The third-order valence-corrected chi connectivity index (χ3v) is 2.87. The highest BCUT2D eigenvalue weighted by atomic mass is 79.9. The number of allylic oxidation sites excluding steroid dienone is 5. The van der Waals surface area contributed by atoms with Gasteiger partial charge in [-0.05, 0) is 19.1 Å². The Bertz CT molecular complexity index is 539. The fraction of sp³-hybridized carbons (Fsp3) is 0.0667. The molecule has 0 aromatic carbocycles. The van der Waals surface area contributed by atoms with Crippen molar-refractivity contribution in [1.82, 2.24) is 9.97 Å². The first-order valence-electron chi connectivity index (χ1n) is 5.44. The molecule has 0 saturated carbocycles. The SMILES string of the molecule is C=C/C(Br)=C\C(=C/C)c1ncc(C=C)c(C=C)n1. The van der Waals surface area contributed by atoms with E-state index < -0.39 is 0 Å². The van der Waals surface area contributed by atoms with Crippen molar-refractivity contribution in [2.24, 2.45) is 0 Å². The van der Waals surface area contributed by atoms with Crippen molar-refractivity contribution >= 4 is 33.7 Å². The van der Waals surface area contributed by atoms with Crippen LogP contribution in [0.1, 0.15) is 24.0 Å². The molecule has 0 aliphatic rings. The Labute approximate surface area is 116 Å². The molecule has 92 valence electrons. The summed E-state index contributed by atoms with van der Waals surface area (Å²) in [5, 5.41) is 0. The van der Waals surface area contributed by atoms with Crippen molar-refractivity contribution in [3.05, 3.63) is 65.7 Å². The van der Waals surface area contributed by atoms with E-state index in [0.717, 1.165) is 21.3 Å². The van der Waals surface area contributed by atoms with Crippen LogP contribution in [0.5, 0.6) is 0 Å². The average Bonchev–Trinajstić information content (AvgIpc) is 2.43. The third kappa shape index (κ3) is 3.37. The highest BCUT2D eigenvalue weighted by molar-refractivity contribution is 9.11. The predicted octanol–water partition coefficient (Wildman–Crippen LogP) is 4.63. The maximum absolute atomic E-state index is 4.45. The van der Waals surface area contributed by atoms with Gasteiger partial charge in [0, 0.05) is 21.8 Å². The Morgan fingerprint density at radius 3 is 2.50 bits per heavy atom. The molecule has 1 aromatic rings. The summed E-state index contributed by atoms with van der Waals surface area (Å²) in [6, 6.07) is 0. The summed E-state index contributed by atoms with van der Waals surface area (Å²) in [4.78, 5) is 8.77. The first-order chi connectivity index (χ1) is 8.65. The minimum Gasteiger partial charge on any atom is -0.236 e. The van der Waals surface area contributed by atoms with Crippen molar-refractivity contribution < 1.29 is 0 Å². The van der Waals surface area contributed by atoms with Crippen molar-refractivity contribution in [3.8, 4) is 0 Å². The summed E-state index contributed by atoms with van der Waals surface area (Å²) in [6.07, 6.45) is 10.7. The van der Waals surface area contributed by atoms with Crippen LogP contribution in [0.4, 0.5) is 0 Å². The standard InChI is InChI=1S/C15H15BrN2/c1-5-11(9-13(16)7-3)15-17-10-12(6-2)14(8-4)18-15/h5-10H,2-4H2,1H3/b11-5+,13-9+. The second-order valence-electron chi connectivity index (χ2n) is 3.42. The van der Waals surface area contributed by atoms with E-state index in [1.54, 1.807) is 24.4 Å². The minimum atomic E-state index is 0.650. The molecule has 0 atom stereocenters. The van der Waals surface area contributed by atoms with Gasteiger partial charge in [0.2, 0.25) is 0 Å². The van der Waals surface area contributed by atoms with Gasteiger partial charge >= 0.3 is 0 Å². The van der Waals surface area contributed by atoms with E-state index in [0.29, 0.717) is 5.82 Å². The largest absolute Gasteiger partial charge is 0.236 e. The maximum Gasteiger partial charge on any atom is 0.159 e. The normalized spacial score (nSPS) is 12.1. The van der Waals surface area contributed by atoms with E-state index in [4.69, 9.17) is 0 Å². The molecule has 0 bridgehead atoms. The van der Waals surface area contributed by atoms with E-state index in [2.05, 4.69) is 45.6 Å². The van der Waals surface area contributed by atoms with Crippen LogP contribution in [0.3, 0.4) is 0 Å².